The third-order valence-corrected chi connectivity index (χ3v) is 1.78. The van der Waals surface area contributed by atoms with Crippen molar-refractivity contribution in [2.45, 2.75) is 39.0 Å². The molecule has 0 saturated carbocycles. The molecule has 0 aliphatic rings. The van der Waals surface area contributed by atoms with Gasteiger partial charge in [0.1, 0.15) is 17.3 Å². The second-order valence-electron chi connectivity index (χ2n) is 3.33. The number of carboxylic acid groups (broad SMARTS) is 1. The zero-order chi connectivity index (χ0) is 11.8. The molecule has 0 aliphatic carbocycles. The minimum absolute atomic E-state index is 0. The Kier molecular flexibility index (Phi) is 10.8. The van der Waals surface area contributed by atoms with Crippen molar-refractivity contribution < 1.29 is 53.8 Å². The van der Waals surface area contributed by atoms with E-state index in [9.17, 15) is 24.3 Å². The summed E-state index contributed by atoms with van der Waals surface area (Å²) in [7, 11) is 0. The second kappa shape index (κ2) is 9.69. The minimum Gasteiger partial charge on any atom is -0.550 e. The van der Waals surface area contributed by atoms with Gasteiger partial charge in [-0.05, 0) is 6.92 Å². The van der Waals surface area contributed by atoms with Gasteiger partial charge in [-0.2, -0.15) is 0 Å². The fraction of sp³-hybridized carbons (Fsp3) is 0.600. The summed E-state index contributed by atoms with van der Waals surface area (Å²) in [6.45, 7) is 1.38. The fourth-order valence-electron chi connectivity index (χ4n) is 0.969. The summed E-state index contributed by atoms with van der Waals surface area (Å²) in [4.78, 5) is 42.5. The average molecular weight is 236 g/mol. The third-order valence-electron chi connectivity index (χ3n) is 1.78. The van der Waals surface area contributed by atoms with E-state index in [1.807, 2.05) is 0 Å². The van der Waals surface area contributed by atoms with Gasteiger partial charge in [0.25, 0.3) is 0 Å². The van der Waals surface area contributed by atoms with E-state index in [1.54, 1.807) is 0 Å². The molecule has 0 aromatic rings. The van der Waals surface area contributed by atoms with Crippen LogP contribution in [0.25, 0.3) is 0 Å². The van der Waals surface area contributed by atoms with Crippen LogP contribution in [0.2, 0.25) is 0 Å². The Morgan fingerprint density at radius 3 is 1.75 bits per heavy atom. The normalized spacial score (nSPS) is 9.06. The number of ketones is 3. The van der Waals surface area contributed by atoms with Crippen LogP contribution in [0.15, 0.2) is 0 Å². The first-order valence-corrected chi connectivity index (χ1v) is 4.64. The summed E-state index contributed by atoms with van der Waals surface area (Å²) in [6, 6.07) is 0. The molecule has 0 heterocycles. The molecule has 0 fully saturated rings. The van der Waals surface area contributed by atoms with E-state index in [0.29, 0.717) is 0 Å². The number of rotatable bonds is 8. The number of carbonyl (C=O) groups excluding carboxylic acids is 4. The molecule has 0 aromatic heterocycles. The molecule has 0 saturated heterocycles. The maximum atomic E-state index is 11.1. The number of carbonyl (C=O) groups is 4. The summed E-state index contributed by atoms with van der Waals surface area (Å²) >= 11 is 0. The van der Waals surface area contributed by atoms with Crippen LogP contribution in [0, 0.1) is 0 Å². The molecule has 6 heteroatoms. The second-order valence-corrected chi connectivity index (χ2v) is 3.33. The largest absolute Gasteiger partial charge is 1.00 e. The van der Waals surface area contributed by atoms with Crippen molar-refractivity contribution in [3.05, 3.63) is 0 Å². The molecule has 0 rings (SSSR count). The summed E-state index contributed by atoms with van der Waals surface area (Å²) < 4.78 is 0. The number of carboxylic acids is 1. The van der Waals surface area contributed by atoms with Crippen molar-refractivity contribution in [3.8, 4) is 0 Å². The summed E-state index contributed by atoms with van der Waals surface area (Å²) in [5.74, 6) is -2.23. The first kappa shape index (κ1) is 17.9. The number of hydrogen-bond donors (Lipinski definition) is 0. The van der Waals surface area contributed by atoms with Crippen molar-refractivity contribution in [3.63, 3.8) is 0 Å². The molecule has 0 bridgehead atoms. The van der Waals surface area contributed by atoms with E-state index < -0.39 is 18.2 Å². The van der Waals surface area contributed by atoms with E-state index in [-0.39, 0.29) is 66.8 Å². The summed E-state index contributed by atoms with van der Waals surface area (Å²) in [5, 5.41) is 10.0. The van der Waals surface area contributed by atoms with E-state index in [0.717, 1.165) is 0 Å². The van der Waals surface area contributed by atoms with E-state index in [4.69, 9.17) is 0 Å². The van der Waals surface area contributed by atoms with Gasteiger partial charge in [-0.3, -0.25) is 9.59 Å². The molecular formula is C10H13NaO5. The van der Waals surface area contributed by atoms with Crippen LogP contribution >= 0.6 is 0 Å². The van der Waals surface area contributed by atoms with Gasteiger partial charge in [-0.1, -0.05) is 0 Å². The van der Waals surface area contributed by atoms with Crippen LogP contribution in [-0.2, 0) is 19.2 Å². The Balaban J connectivity index is 0. The molecular weight excluding hydrogens is 223 g/mol. The summed E-state index contributed by atoms with van der Waals surface area (Å²) in [6.07, 6.45) is -0.453. The zero-order valence-corrected chi connectivity index (χ0v) is 11.6. The predicted octanol–water partition coefficient (Wildman–Crippen LogP) is -3.58. The van der Waals surface area contributed by atoms with E-state index in [1.165, 1.54) is 6.92 Å². The van der Waals surface area contributed by atoms with Gasteiger partial charge < -0.3 is 14.7 Å². The number of Topliss-reactive ketones (excluding diaryl/α,β-unsaturated/α-hetero) is 3. The zero-order valence-electron chi connectivity index (χ0n) is 9.58. The average Bonchev–Trinajstić information content (AvgIpc) is 2.10. The minimum atomic E-state index is -1.43. The van der Waals surface area contributed by atoms with Crippen LogP contribution in [0.4, 0.5) is 0 Å². The SMILES string of the molecule is CC(=O)CCC(=O)CCC(=O)CC(=O)[O-].[Na+]. The molecule has 84 valence electrons. The Bertz CT molecular complexity index is 285. The van der Waals surface area contributed by atoms with Gasteiger partial charge >= 0.3 is 29.6 Å². The maximum absolute atomic E-state index is 11.1. The van der Waals surface area contributed by atoms with E-state index in [2.05, 4.69) is 0 Å². The molecule has 0 N–H and O–H groups in total. The molecule has 0 radical (unpaired) electrons. The number of hydrogen-bond acceptors (Lipinski definition) is 5. The van der Waals surface area contributed by atoms with Crippen molar-refractivity contribution >= 4 is 23.3 Å². The van der Waals surface area contributed by atoms with Crippen molar-refractivity contribution in [2.75, 3.05) is 0 Å². The maximum Gasteiger partial charge on any atom is 1.00 e. The Morgan fingerprint density at radius 2 is 1.31 bits per heavy atom. The van der Waals surface area contributed by atoms with Gasteiger partial charge in [-0.25, -0.2) is 0 Å². The molecule has 0 unspecified atom stereocenters. The monoisotopic (exact) mass is 236 g/mol. The predicted molar refractivity (Wildman–Crippen MR) is 48.8 cm³/mol. The summed E-state index contributed by atoms with van der Waals surface area (Å²) in [5.41, 5.74) is 0. The first-order valence-electron chi connectivity index (χ1n) is 4.64. The van der Waals surface area contributed by atoms with Crippen LogP contribution in [0.5, 0.6) is 0 Å². The van der Waals surface area contributed by atoms with Gasteiger partial charge in [-0.15, -0.1) is 0 Å². The van der Waals surface area contributed by atoms with Crippen molar-refractivity contribution in [1.29, 1.82) is 0 Å². The van der Waals surface area contributed by atoms with Crippen LogP contribution < -0.4 is 34.7 Å². The van der Waals surface area contributed by atoms with Gasteiger partial charge in [0.15, 0.2) is 0 Å². The van der Waals surface area contributed by atoms with Gasteiger partial charge in [0.2, 0.25) is 0 Å². The van der Waals surface area contributed by atoms with E-state index >= 15 is 0 Å². The van der Waals surface area contributed by atoms with Crippen molar-refractivity contribution in [2.24, 2.45) is 0 Å². The smallest absolute Gasteiger partial charge is 0.550 e. The molecule has 0 aromatic carbocycles. The van der Waals surface area contributed by atoms with Crippen LogP contribution in [0.3, 0.4) is 0 Å². The topological polar surface area (TPSA) is 91.3 Å². The molecule has 0 spiro atoms. The molecule has 0 aliphatic heterocycles. The Hall–Kier alpha value is -0.520. The molecule has 16 heavy (non-hydrogen) atoms. The van der Waals surface area contributed by atoms with Gasteiger partial charge in [0.05, 0.1) is 0 Å². The number of aliphatic carboxylic acids is 1. The van der Waals surface area contributed by atoms with Crippen LogP contribution in [-0.4, -0.2) is 23.3 Å². The molecule has 5 nitrogen and oxygen atoms in total. The molecule has 0 atom stereocenters. The first-order chi connectivity index (χ1) is 6.91. The third kappa shape index (κ3) is 11.6. The quantitative estimate of drug-likeness (QED) is 0.321. The fourth-order valence-corrected chi connectivity index (χ4v) is 0.969. The van der Waals surface area contributed by atoms with Crippen molar-refractivity contribution in [1.82, 2.24) is 0 Å². The Labute approximate surface area is 116 Å². The van der Waals surface area contributed by atoms with Gasteiger partial charge in [0, 0.05) is 38.1 Å². The standard InChI is InChI=1S/C10H14O5.Na/c1-7(11)2-3-8(12)4-5-9(13)6-10(14)15;/h2-6H2,1H3,(H,14,15);/q;+1/p-1. The van der Waals surface area contributed by atoms with Crippen LogP contribution in [0.1, 0.15) is 39.0 Å². The molecule has 0 amide bonds. The Morgan fingerprint density at radius 1 is 0.875 bits per heavy atom.